The van der Waals surface area contributed by atoms with Crippen molar-refractivity contribution in [3.05, 3.63) is 24.4 Å². The van der Waals surface area contributed by atoms with Gasteiger partial charge in [-0.2, -0.15) is 5.10 Å². The van der Waals surface area contributed by atoms with E-state index in [-0.39, 0.29) is 0 Å². The van der Waals surface area contributed by atoms with E-state index >= 15 is 0 Å². The average molecular weight is 271 g/mol. The molecule has 1 aromatic heterocycles. The van der Waals surface area contributed by atoms with E-state index in [2.05, 4.69) is 10.4 Å². The molecule has 0 unspecified atom stereocenters. The molecule has 2 aliphatic rings. The summed E-state index contributed by atoms with van der Waals surface area (Å²) in [5.41, 5.74) is 4.56. The van der Waals surface area contributed by atoms with Crippen LogP contribution in [0.3, 0.4) is 0 Å². The van der Waals surface area contributed by atoms with Gasteiger partial charge in [-0.1, -0.05) is 31.7 Å². The summed E-state index contributed by atoms with van der Waals surface area (Å²) in [7, 11) is 0. The van der Waals surface area contributed by atoms with Crippen molar-refractivity contribution in [1.82, 2.24) is 4.98 Å². The third-order valence-corrected chi connectivity index (χ3v) is 4.82. The second-order valence-electron chi connectivity index (χ2n) is 6.18. The predicted octanol–water partition coefficient (Wildman–Crippen LogP) is 4.62. The molecule has 20 heavy (non-hydrogen) atoms. The van der Waals surface area contributed by atoms with Crippen molar-refractivity contribution in [2.75, 3.05) is 5.43 Å². The van der Waals surface area contributed by atoms with Crippen molar-refractivity contribution in [3.63, 3.8) is 0 Å². The van der Waals surface area contributed by atoms with Crippen molar-refractivity contribution < 1.29 is 0 Å². The van der Waals surface area contributed by atoms with Gasteiger partial charge < -0.3 is 0 Å². The molecule has 1 heterocycles. The standard InChI is InChI=1S/C17H25N3/c1-2-8-14(9-3-1)15-10-4-5-11-16(15)19-20-17-12-6-7-13-18-17/h6-7,12-15H,1-5,8-11H2,(H,18,20)/b19-16-/t15-/m0/s1. The highest BCUT2D eigenvalue weighted by molar-refractivity contribution is 5.88. The van der Waals surface area contributed by atoms with Crippen LogP contribution < -0.4 is 5.43 Å². The maximum atomic E-state index is 4.71. The fraction of sp³-hybridized carbons (Fsp3) is 0.647. The highest BCUT2D eigenvalue weighted by atomic mass is 15.3. The van der Waals surface area contributed by atoms with Crippen molar-refractivity contribution in [2.24, 2.45) is 16.9 Å². The lowest BCUT2D eigenvalue weighted by molar-refractivity contribution is 0.274. The fourth-order valence-electron chi connectivity index (χ4n) is 3.76. The van der Waals surface area contributed by atoms with Crippen LogP contribution in [0.4, 0.5) is 5.82 Å². The van der Waals surface area contributed by atoms with Crippen LogP contribution in [-0.4, -0.2) is 10.7 Å². The lowest BCUT2D eigenvalue weighted by atomic mass is 9.72. The minimum absolute atomic E-state index is 0.722. The van der Waals surface area contributed by atoms with Gasteiger partial charge in [0, 0.05) is 17.8 Å². The van der Waals surface area contributed by atoms with Crippen LogP contribution in [0.25, 0.3) is 0 Å². The Bertz CT molecular complexity index is 435. The second kappa shape index (κ2) is 6.87. The monoisotopic (exact) mass is 271 g/mol. The smallest absolute Gasteiger partial charge is 0.146 e. The normalized spacial score (nSPS) is 26.6. The first-order chi connectivity index (χ1) is 9.93. The Labute approximate surface area is 121 Å². The highest BCUT2D eigenvalue weighted by Gasteiger charge is 2.29. The van der Waals surface area contributed by atoms with Gasteiger partial charge in [0.05, 0.1) is 0 Å². The Balaban J connectivity index is 1.68. The zero-order valence-electron chi connectivity index (χ0n) is 12.2. The van der Waals surface area contributed by atoms with E-state index in [0.717, 1.165) is 17.7 Å². The molecule has 2 saturated carbocycles. The van der Waals surface area contributed by atoms with E-state index in [1.807, 2.05) is 24.4 Å². The summed E-state index contributed by atoms with van der Waals surface area (Å²) < 4.78 is 0. The molecular formula is C17H25N3. The van der Waals surface area contributed by atoms with E-state index in [0.29, 0.717) is 0 Å². The molecule has 0 aromatic carbocycles. The number of hydrazone groups is 1. The van der Waals surface area contributed by atoms with Crippen LogP contribution in [0.15, 0.2) is 29.5 Å². The molecule has 0 saturated heterocycles. The molecule has 0 amide bonds. The van der Waals surface area contributed by atoms with Crippen molar-refractivity contribution >= 4 is 11.5 Å². The Kier molecular flexibility index (Phi) is 4.67. The largest absolute Gasteiger partial charge is 0.261 e. The quantitative estimate of drug-likeness (QED) is 0.814. The van der Waals surface area contributed by atoms with Gasteiger partial charge in [0.25, 0.3) is 0 Å². The summed E-state index contributed by atoms with van der Waals surface area (Å²) in [5, 5.41) is 4.71. The second-order valence-corrected chi connectivity index (χ2v) is 6.18. The van der Waals surface area contributed by atoms with Gasteiger partial charge in [-0.25, -0.2) is 4.98 Å². The topological polar surface area (TPSA) is 37.3 Å². The number of hydrogen-bond donors (Lipinski definition) is 1. The molecule has 1 aromatic rings. The van der Waals surface area contributed by atoms with E-state index < -0.39 is 0 Å². The fourth-order valence-corrected chi connectivity index (χ4v) is 3.76. The Morgan fingerprint density at radius 2 is 1.85 bits per heavy atom. The summed E-state index contributed by atoms with van der Waals surface area (Å²) >= 11 is 0. The Morgan fingerprint density at radius 1 is 1.00 bits per heavy atom. The first kappa shape index (κ1) is 13.6. The minimum atomic E-state index is 0.722. The highest BCUT2D eigenvalue weighted by Crippen LogP contribution is 2.37. The van der Waals surface area contributed by atoms with Gasteiger partial charge in [0.1, 0.15) is 5.82 Å². The van der Waals surface area contributed by atoms with Crippen LogP contribution >= 0.6 is 0 Å². The predicted molar refractivity (Wildman–Crippen MR) is 83.8 cm³/mol. The first-order valence-electron chi connectivity index (χ1n) is 8.17. The van der Waals surface area contributed by atoms with E-state index in [4.69, 9.17) is 5.10 Å². The Hall–Kier alpha value is -1.38. The van der Waals surface area contributed by atoms with Crippen LogP contribution in [0.1, 0.15) is 57.8 Å². The summed E-state index contributed by atoms with van der Waals surface area (Å²) in [6.07, 6.45) is 14.1. The maximum Gasteiger partial charge on any atom is 0.146 e. The number of nitrogens with one attached hydrogen (secondary N) is 1. The van der Waals surface area contributed by atoms with Gasteiger partial charge in [-0.05, 0) is 50.2 Å². The molecular weight excluding hydrogens is 246 g/mol. The molecule has 3 rings (SSSR count). The average Bonchev–Trinajstić information content (AvgIpc) is 2.55. The van der Waals surface area contributed by atoms with Gasteiger partial charge in [-0.15, -0.1) is 0 Å². The summed E-state index contributed by atoms with van der Waals surface area (Å²) in [4.78, 5) is 4.28. The summed E-state index contributed by atoms with van der Waals surface area (Å²) in [6, 6.07) is 5.90. The summed E-state index contributed by atoms with van der Waals surface area (Å²) in [6.45, 7) is 0. The van der Waals surface area contributed by atoms with Gasteiger partial charge in [0.2, 0.25) is 0 Å². The zero-order chi connectivity index (χ0) is 13.6. The molecule has 0 aliphatic heterocycles. The molecule has 3 heteroatoms. The molecule has 0 radical (unpaired) electrons. The summed E-state index contributed by atoms with van der Waals surface area (Å²) in [5.74, 6) is 2.46. The third kappa shape index (κ3) is 3.38. The Morgan fingerprint density at radius 3 is 2.65 bits per heavy atom. The number of rotatable bonds is 3. The molecule has 3 nitrogen and oxygen atoms in total. The zero-order valence-corrected chi connectivity index (χ0v) is 12.2. The lowest BCUT2D eigenvalue weighted by Crippen LogP contribution is -2.29. The number of aromatic nitrogens is 1. The molecule has 1 N–H and O–H groups in total. The van der Waals surface area contributed by atoms with Crippen molar-refractivity contribution in [3.8, 4) is 0 Å². The minimum Gasteiger partial charge on any atom is -0.261 e. The molecule has 1 atom stereocenters. The van der Waals surface area contributed by atoms with Crippen LogP contribution in [0, 0.1) is 11.8 Å². The lowest BCUT2D eigenvalue weighted by Gasteiger charge is -2.33. The SMILES string of the molecule is c1ccc(N/N=C2/CCCC[C@H]2C2CCCCC2)nc1. The van der Waals surface area contributed by atoms with Gasteiger partial charge >= 0.3 is 0 Å². The van der Waals surface area contributed by atoms with Gasteiger partial charge in [0.15, 0.2) is 0 Å². The van der Waals surface area contributed by atoms with E-state index in [1.54, 1.807) is 0 Å². The van der Waals surface area contributed by atoms with Gasteiger partial charge in [-0.3, -0.25) is 5.43 Å². The van der Waals surface area contributed by atoms with Crippen LogP contribution in [-0.2, 0) is 0 Å². The first-order valence-corrected chi connectivity index (χ1v) is 8.17. The number of anilines is 1. The molecule has 2 fully saturated rings. The number of nitrogens with zero attached hydrogens (tertiary/aromatic N) is 2. The number of hydrogen-bond acceptors (Lipinski definition) is 3. The molecule has 0 spiro atoms. The van der Waals surface area contributed by atoms with Crippen LogP contribution in [0.2, 0.25) is 0 Å². The third-order valence-electron chi connectivity index (χ3n) is 4.82. The molecule has 0 bridgehead atoms. The maximum absolute atomic E-state index is 4.71. The number of pyridine rings is 1. The van der Waals surface area contributed by atoms with Crippen molar-refractivity contribution in [1.29, 1.82) is 0 Å². The van der Waals surface area contributed by atoms with Crippen LogP contribution in [0.5, 0.6) is 0 Å². The van der Waals surface area contributed by atoms with Crippen molar-refractivity contribution in [2.45, 2.75) is 57.8 Å². The van der Waals surface area contributed by atoms with E-state index in [9.17, 15) is 0 Å². The molecule has 2 aliphatic carbocycles. The van der Waals surface area contributed by atoms with E-state index in [1.165, 1.54) is 63.5 Å². The molecule has 108 valence electrons.